The first kappa shape index (κ1) is 10.6. The van der Waals surface area contributed by atoms with Crippen LogP contribution in [0.3, 0.4) is 0 Å². The Hall–Kier alpha value is -1.50. The van der Waals surface area contributed by atoms with Crippen LogP contribution in [0.4, 0.5) is 10.2 Å². The Morgan fingerprint density at radius 2 is 2.18 bits per heavy atom. The molecule has 88 valence electrons. The Balaban J connectivity index is 1.71. The smallest absolute Gasteiger partial charge is 0.183 e. The summed E-state index contributed by atoms with van der Waals surface area (Å²) >= 11 is 3.35. The fourth-order valence-corrected chi connectivity index (χ4v) is 2.15. The molecule has 0 unspecified atom stereocenters. The van der Waals surface area contributed by atoms with Crippen molar-refractivity contribution in [2.75, 3.05) is 18.0 Å². The molecule has 3 rings (SSSR count). The van der Waals surface area contributed by atoms with E-state index in [-0.39, 0.29) is 11.9 Å². The van der Waals surface area contributed by atoms with Crippen LogP contribution < -0.4 is 4.90 Å². The van der Waals surface area contributed by atoms with Crippen LogP contribution in [0.5, 0.6) is 0 Å². The minimum Gasteiger partial charge on any atom is -0.350 e. The van der Waals surface area contributed by atoms with Gasteiger partial charge in [0.25, 0.3) is 0 Å². The minimum absolute atomic E-state index is 0.274. The van der Waals surface area contributed by atoms with Crippen molar-refractivity contribution in [3.05, 3.63) is 35.2 Å². The highest BCUT2D eigenvalue weighted by Crippen LogP contribution is 2.27. The number of hydrogen-bond donors (Lipinski definition) is 0. The molecule has 5 nitrogen and oxygen atoms in total. The van der Waals surface area contributed by atoms with E-state index in [0.29, 0.717) is 18.9 Å². The van der Waals surface area contributed by atoms with E-state index in [4.69, 9.17) is 0 Å². The Morgan fingerprint density at radius 1 is 1.35 bits per heavy atom. The van der Waals surface area contributed by atoms with Crippen molar-refractivity contribution >= 4 is 21.7 Å². The summed E-state index contributed by atoms with van der Waals surface area (Å²) in [5.74, 6) is -0.0185. The minimum atomic E-state index is -0.382. The number of aromatic nitrogens is 4. The lowest BCUT2D eigenvalue weighted by molar-refractivity contribution is 0.361. The molecule has 1 aliphatic rings. The summed E-state index contributed by atoms with van der Waals surface area (Å²) in [5, 5.41) is 4.20. The molecule has 2 aromatic rings. The van der Waals surface area contributed by atoms with Gasteiger partial charge in [-0.3, -0.25) is 4.68 Å². The molecular weight excluding hydrogens is 289 g/mol. The lowest BCUT2D eigenvalue weighted by Crippen LogP contribution is -2.48. The molecule has 0 amide bonds. The Bertz CT molecular complexity index is 537. The molecule has 3 heterocycles. The van der Waals surface area contributed by atoms with Gasteiger partial charge in [0.15, 0.2) is 11.6 Å². The fraction of sp³-hybridized carbons (Fsp3) is 0.300. The van der Waals surface area contributed by atoms with Crippen molar-refractivity contribution in [1.82, 2.24) is 19.7 Å². The molecule has 0 spiro atoms. The van der Waals surface area contributed by atoms with E-state index in [2.05, 4.69) is 31.0 Å². The third-order valence-corrected chi connectivity index (χ3v) is 3.16. The van der Waals surface area contributed by atoms with Gasteiger partial charge in [-0.15, -0.1) is 0 Å². The Kier molecular flexibility index (Phi) is 2.54. The number of hydrogen-bond acceptors (Lipinski definition) is 4. The van der Waals surface area contributed by atoms with Crippen molar-refractivity contribution < 1.29 is 4.39 Å². The van der Waals surface area contributed by atoms with E-state index in [9.17, 15) is 4.39 Å². The zero-order valence-corrected chi connectivity index (χ0v) is 10.4. The number of nitrogens with zero attached hydrogens (tertiary/aromatic N) is 5. The summed E-state index contributed by atoms with van der Waals surface area (Å²) in [7, 11) is 0. The van der Waals surface area contributed by atoms with Crippen molar-refractivity contribution in [2.24, 2.45) is 0 Å². The summed E-state index contributed by atoms with van der Waals surface area (Å²) in [5.41, 5.74) is 0. The summed E-state index contributed by atoms with van der Waals surface area (Å²) in [6.07, 6.45) is 6.20. The van der Waals surface area contributed by atoms with Crippen molar-refractivity contribution in [3.8, 4) is 0 Å². The number of anilines is 1. The van der Waals surface area contributed by atoms with E-state index in [1.165, 1.54) is 12.5 Å². The lowest BCUT2D eigenvalue weighted by atomic mass is 10.1. The van der Waals surface area contributed by atoms with Crippen LogP contribution in [0.2, 0.25) is 0 Å². The standard InChI is InChI=1S/C10H9BrFN5/c11-7-1-15-17(3-7)8-4-16(5-8)10-9(12)2-13-6-14-10/h1-3,6,8H,4-5H2. The van der Waals surface area contributed by atoms with Crippen LogP contribution in [0.1, 0.15) is 6.04 Å². The van der Waals surface area contributed by atoms with Gasteiger partial charge < -0.3 is 4.90 Å². The zero-order chi connectivity index (χ0) is 11.8. The second-order valence-corrected chi connectivity index (χ2v) is 4.81. The summed E-state index contributed by atoms with van der Waals surface area (Å²) in [6.45, 7) is 1.42. The van der Waals surface area contributed by atoms with Gasteiger partial charge in [0.05, 0.1) is 22.9 Å². The van der Waals surface area contributed by atoms with Gasteiger partial charge in [-0.05, 0) is 15.9 Å². The van der Waals surface area contributed by atoms with Crippen molar-refractivity contribution in [3.63, 3.8) is 0 Å². The maximum Gasteiger partial charge on any atom is 0.183 e. The number of rotatable bonds is 2. The van der Waals surface area contributed by atoms with E-state index in [0.717, 1.165) is 4.47 Å². The van der Waals surface area contributed by atoms with Gasteiger partial charge in [-0.2, -0.15) is 5.10 Å². The molecule has 0 aliphatic carbocycles. The highest BCUT2D eigenvalue weighted by Gasteiger charge is 2.31. The van der Waals surface area contributed by atoms with Crippen molar-refractivity contribution in [2.45, 2.75) is 6.04 Å². The predicted octanol–water partition coefficient (Wildman–Crippen LogP) is 1.64. The molecule has 0 aromatic carbocycles. The summed E-state index contributed by atoms with van der Waals surface area (Å²) in [4.78, 5) is 9.44. The highest BCUT2D eigenvalue weighted by molar-refractivity contribution is 9.10. The molecule has 0 bridgehead atoms. The average Bonchev–Trinajstić information content (AvgIpc) is 2.66. The Labute approximate surface area is 105 Å². The maximum absolute atomic E-state index is 13.4. The zero-order valence-electron chi connectivity index (χ0n) is 8.79. The highest BCUT2D eigenvalue weighted by atomic mass is 79.9. The average molecular weight is 298 g/mol. The van der Waals surface area contributed by atoms with Gasteiger partial charge in [0, 0.05) is 19.3 Å². The molecule has 0 atom stereocenters. The molecule has 1 fully saturated rings. The monoisotopic (exact) mass is 297 g/mol. The first-order valence-electron chi connectivity index (χ1n) is 5.14. The molecule has 0 N–H and O–H groups in total. The predicted molar refractivity (Wildman–Crippen MR) is 63.2 cm³/mol. The summed E-state index contributed by atoms with van der Waals surface area (Å²) in [6, 6.07) is 0.274. The van der Waals surface area contributed by atoms with Gasteiger partial charge in [0.1, 0.15) is 6.33 Å². The Morgan fingerprint density at radius 3 is 2.82 bits per heavy atom. The lowest BCUT2D eigenvalue weighted by Gasteiger charge is -2.39. The van der Waals surface area contributed by atoms with Gasteiger partial charge in [-0.25, -0.2) is 14.4 Å². The molecule has 2 aromatic heterocycles. The molecule has 1 aliphatic heterocycles. The van der Waals surface area contributed by atoms with Crippen LogP contribution in [0, 0.1) is 5.82 Å². The van der Waals surface area contributed by atoms with Gasteiger partial charge in [0.2, 0.25) is 0 Å². The van der Waals surface area contributed by atoms with Crippen LogP contribution in [0.25, 0.3) is 0 Å². The fourth-order valence-electron chi connectivity index (χ4n) is 1.85. The van der Waals surface area contributed by atoms with E-state index < -0.39 is 0 Å². The second-order valence-electron chi connectivity index (χ2n) is 3.89. The van der Waals surface area contributed by atoms with Crippen LogP contribution >= 0.6 is 15.9 Å². The van der Waals surface area contributed by atoms with Gasteiger partial charge >= 0.3 is 0 Å². The second kappa shape index (κ2) is 4.06. The van der Waals surface area contributed by atoms with E-state index in [1.807, 2.05) is 15.8 Å². The molecular formula is C10H9BrFN5. The van der Waals surface area contributed by atoms with Crippen LogP contribution in [-0.2, 0) is 0 Å². The third kappa shape index (κ3) is 1.90. The topological polar surface area (TPSA) is 46.8 Å². The largest absolute Gasteiger partial charge is 0.350 e. The van der Waals surface area contributed by atoms with E-state index >= 15 is 0 Å². The SMILES string of the molecule is Fc1cncnc1N1CC(n2cc(Br)cn2)C1. The maximum atomic E-state index is 13.4. The molecule has 7 heteroatoms. The third-order valence-electron chi connectivity index (χ3n) is 2.75. The van der Waals surface area contributed by atoms with Crippen LogP contribution in [-0.4, -0.2) is 32.8 Å². The molecule has 1 saturated heterocycles. The van der Waals surface area contributed by atoms with Crippen LogP contribution in [0.15, 0.2) is 29.4 Å². The quantitative estimate of drug-likeness (QED) is 0.845. The van der Waals surface area contributed by atoms with Crippen molar-refractivity contribution in [1.29, 1.82) is 0 Å². The number of halogens is 2. The molecule has 0 saturated carbocycles. The normalized spacial score (nSPS) is 16.0. The van der Waals surface area contributed by atoms with E-state index in [1.54, 1.807) is 6.20 Å². The van der Waals surface area contributed by atoms with Gasteiger partial charge in [-0.1, -0.05) is 0 Å². The first-order valence-corrected chi connectivity index (χ1v) is 5.93. The molecule has 0 radical (unpaired) electrons. The summed E-state index contributed by atoms with van der Waals surface area (Å²) < 4.78 is 16.2. The molecule has 17 heavy (non-hydrogen) atoms. The first-order chi connectivity index (χ1) is 8.24.